The Bertz CT molecular complexity index is 153. The molecule has 0 amide bonds. The van der Waals surface area contributed by atoms with Crippen LogP contribution >= 0.6 is 0 Å². The Labute approximate surface area is 61.8 Å². The van der Waals surface area contributed by atoms with Gasteiger partial charge < -0.3 is 0 Å². The standard InChI is InChI=1S/C9H13F/c1-4-8(2)5-6-9(3)7-10/h4-7H,1-3H3/b6-5-,8-4-,9-7+. The van der Waals surface area contributed by atoms with Crippen LogP contribution < -0.4 is 0 Å². The van der Waals surface area contributed by atoms with E-state index in [0.717, 1.165) is 5.57 Å². The van der Waals surface area contributed by atoms with E-state index >= 15 is 0 Å². The average molecular weight is 140 g/mol. The minimum atomic E-state index is 0.597. The topological polar surface area (TPSA) is 0 Å². The first kappa shape index (κ1) is 9.15. The van der Waals surface area contributed by atoms with Crippen LogP contribution in [0.3, 0.4) is 0 Å². The SMILES string of the molecule is C\C=C(C)/C=C\C(C)=C\F. The van der Waals surface area contributed by atoms with Crippen LogP contribution in [0.2, 0.25) is 0 Å². The lowest BCUT2D eigenvalue weighted by Gasteiger charge is -1.87. The van der Waals surface area contributed by atoms with Gasteiger partial charge >= 0.3 is 0 Å². The summed E-state index contributed by atoms with van der Waals surface area (Å²) in [6, 6.07) is 0. The highest BCUT2D eigenvalue weighted by molar-refractivity contribution is 5.23. The number of hydrogen-bond acceptors (Lipinski definition) is 0. The number of halogens is 1. The predicted molar refractivity (Wildman–Crippen MR) is 43.4 cm³/mol. The van der Waals surface area contributed by atoms with Crippen molar-refractivity contribution in [1.82, 2.24) is 0 Å². The van der Waals surface area contributed by atoms with Crippen molar-refractivity contribution in [3.63, 3.8) is 0 Å². The quantitative estimate of drug-likeness (QED) is 0.516. The fraction of sp³-hybridized carbons (Fsp3) is 0.333. The molecule has 0 aromatic rings. The fourth-order valence-corrected chi connectivity index (χ4v) is 0.395. The maximum Gasteiger partial charge on any atom is 0.0896 e. The van der Waals surface area contributed by atoms with E-state index in [2.05, 4.69) is 0 Å². The molecule has 0 bridgehead atoms. The van der Waals surface area contributed by atoms with Crippen LogP contribution in [0.1, 0.15) is 20.8 Å². The monoisotopic (exact) mass is 140 g/mol. The van der Waals surface area contributed by atoms with Gasteiger partial charge in [-0.15, -0.1) is 0 Å². The first-order chi connectivity index (χ1) is 4.70. The third-order valence-electron chi connectivity index (χ3n) is 1.24. The van der Waals surface area contributed by atoms with Gasteiger partial charge in [-0.3, -0.25) is 0 Å². The highest BCUT2D eigenvalue weighted by Gasteiger charge is 1.79. The molecule has 0 aliphatic heterocycles. The van der Waals surface area contributed by atoms with Crippen molar-refractivity contribution in [1.29, 1.82) is 0 Å². The van der Waals surface area contributed by atoms with E-state index in [4.69, 9.17) is 0 Å². The van der Waals surface area contributed by atoms with Crippen LogP contribution in [0.4, 0.5) is 4.39 Å². The molecule has 0 fully saturated rings. The lowest BCUT2D eigenvalue weighted by molar-refractivity contribution is 0.713. The van der Waals surface area contributed by atoms with Gasteiger partial charge in [0, 0.05) is 0 Å². The Balaban J connectivity index is 4.01. The Morgan fingerprint density at radius 2 is 1.60 bits per heavy atom. The van der Waals surface area contributed by atoms with Crippen molar-refractivity contribution in [3.8, 4) is 0 Å². The minimum Gasteiger partial charge on any atom is -0.215 e. The second kappa shape index (κ2) is 4.98. The highest BCUT2D eigenvalue weighted by Crippen LogP contribution is 1.99. The summed E-state index contributed by atoms with van der Waals surface area (Å²) in [5.74, 6) is 0. The predicted octanol–water partition coefficient (Wildman–Crippen LogP) is 3.38. The van der Waals surface area contributed by atoms with Gasteiger partial charge in [0.1, 0.15) is 0 Å². The molecule has 10 heavy (non-hydrogen) atoms. The van der Waals surface area contributed by atoms with Crippen molar-refractivity contribution >= 4 is 0 Å². The first-order valence-electron chi connectivity index (χ1n) is 3.28. The zero-order chi connectivity index (χ0) is 7.98. The Morgan fingerprint density at radius 3 is 2.00 bits per heavy atom. The zero-order valence-electron chi connectivity index (χ0n) is 6.69. The van der Waals surface area contributed by atoms with Gasteiger partial charge in [-0.05, 0) is 26.3 Å². The molecule has 0 unspecified atom stereocenters. The lowest BCUT2D eigenvalue weighted by Crippen LogP contribution is -1.67. The van der Waals surface area contributed by atoms with E-state index < -0.39 is 0 Å². The van der Waals surface area contributed by atoms with Crippen LogP contribution in [0.15, 0.2) is 35.7 Å². The van der Waals surface area contributed by atoms with Gasteiger partial charge in [-0.25, -0.2) is 4.39 Å². The van der Waals surface area contributed by atoms with Crippen LogP contribution in [-0.4, -0.2) is 0 Å². The second-order valence-electron chi connectivity index (χ2n) is 2.22. The molecule has 0 atom stereocenters. The van der Waals surface area contributed by atoms with Crippen molar-refractivity contribution in [2.45, 2.75) is 20.8 Å². The van der Waals surface area contributed by atoms with Gasteiger partial charge in [0.2, 0.25) is 0 Å². The lowest BCUT2D eigenvalue weighted by atomic mass is 10.2. The molecule has 0 saturated carbocycles. The van der Waals surface area contributed by atoms with E-state index in [1.165, 1.54) is 0 Å². The summed E-state index contributed by atoms with van der Waals surface area (Å²) in [7, 11) is 0. The van der Waals surface area contributed by atoms with E-state index in [1.807, 2.05) is 26.0 Å². The molecule has 0 spiro atoms. The highest BCUT2D eigenvalue weighted by atomic mass is 19.1. The van der Waals surface area contributed by atoms with Crippen LogP contribution in [0.5, 0.6) is 0 Å². The van der Waals surface area contributed by atoms with Gasteiger partial charge in [-0.1, -0.05) is 23.8 Å². The summed E-state index contributed by atoms with van der Waals surface area (Å²) < 4.78 is 11.7. The van der Waals surface area contributed by atoms with Crippen molar-refractivity contribution in [2.24, 2.45) is 0 Å². The molecule has 0 saturated heterocycles. The van der Waals surface area contributed by atoms with E-state index in [9.17, 15) is 4.39 Å². The Morgan fingerprint density at radius 1 is 1.10 bits per heavy atom. The molecular weight excluding hydrogens is 127 g/mol. The van der Waals surface area contributed by atoms with Crippen molar-refractivity contribution < 1.29 is 4.39 Å². The number of allylic oxidation sites excluding steroid dienone is 5. The smallest absolute Gasteiger partial charge is 0.0896 e. The number of rotatable bonds is 2. The van der Waals surface area contributed by atoms with E-state index in [-0.39, 0.29) is 0 Å². The van der Waals surface area contributed by atoms with Crippen molar-refractivity contribution in [3.05, 3.63) is 35.7 Å². The molecule has 0 N–H and O–H groups in total. The largest absolute Gasteiger partial charge is 0.215 e. The molecule has 1 heteroatoms. The van der Waals surface area contributed by atoms with Gasteiger partial charge in [0.15, 0.2) is 0 Å². The fourth-order valence-electron chi connectivity index (χ4n) is 0.395. The molecule has 0 radical (unpaired) electrons. The molecule has 0 heterocycles. The summed E-state index contributed by atoms with van der Waals surface area (Å²) in [6.45, 7) is 5.65. The van der Waals surface area contributed by atoms with Crippen LogP contribution in [0.25, 0.3) is 0 Å². The summed E-state index contributed by atoms with van der Waals surface area (Å²) >= 11 is 0. The molecule has 0 nitrogen and oxygen atoms in total. The Hall–Kier alpha value is -0.850. The summed E-state index contributed by atoms with van der Waals surface area (Å²) in [6.07, 6.45) is 6.20. The zero-order valence-corrected chi connectivity index (χ0v) is 6.69. The molecule has 0 aromatic heterocycles. The van der Waals surface area contributed by atoms with Gasteiger partial charge in [0.05, 0.1) is 6.33 Å². The second-order valence-corrected chi connectivity index (χ2v) is 2.22. The minimum absolute atomic E-state index is 0.597. The molecular formula is C9H13F. The molecule has 0 aliphatic carbocycles. The summed E-state index contributed by atoms with van der Waals surface area (Å²) in [5.41, 5.74) is 1.78. The van der Waals surface area contributed by atoms with E-state index in [1.54, 1.807) is 13.0 Å². The molecule has 0 aliphatic rings. The molecule has 0 rings (SSSR count). The van der Waals surface area contributed by atoms with E-state index in [0.29, 0.717) is 11.9 Å². The molecule has 56 valence electrons. The van der Waals surface area contributed by atoms with Crippen molar-refractivity contribution in [2.75, 3.05) is 0 Å². The van der Waals surface area contributed by atoms with Crippen LogP contribution in [0, 0.1) is 0 Å². The summed E-state index contributed by atoms with van der Waals surface area (Å²) in [4.78, 5) is 0. The van der Waals surface area contributed by atoms with Gasteiger partial charge in [-0.2, -0.15) is 0 Å². The maximum absolute atomic E-state index is 11.7. The molecule has 0 aromatic carbocycles. The average Bonchev–Trinajstić information content (AvgIpc) is 1.99. The third-order valence-corrected chi connectivity index (χ3v) is 1.24. The van der Waals surface area contributed by atoms with Gasteiger partial charge in [0.25, 0.3) is 0 Å². The maximum atomic E-state index is 11.7. The normalized spacial score (nSPS) is 14.8. The third kappa shape index (κ3) is 4.07. The first-order valence-corrected chi connectivity index (χ1v) is 3.28. The Kier molecular flexibility index (Phi) is 4.55. The summed E-state index contributed by atoms with van der Waals surface area (Å²) in [5, 5.41) is 0. The van der Waals surface area contributed by atoms with Crippen LogP contribution in [-0.2, 0) is 0 Å². The number of hydrogen-bond donors (Lipinski definition) is 0.